The van der Waals surface area contributed by atoms with Gasteiger partial charge in [0.25, 0.3) is 0 Å². The van der Waals surface area contributed by atoms with Crippen LogP contribution in [-0.2, 0) is 14.8 Å². The molecule has 1 aromatic carbocycles. The van der Waals surface area contributed by atoms with Gasteiger partial charge in [0.1, 0.15) is 16.4 Å². The number of nitrogens with zero attached hydrogens (tertiary/aromatic N) is 3. The van der Waals surface area contributed by atoms with Crippen molar-refractivity contribution in [3.05, 3.63) is 47.1 Å². The third kappa shape index (κ3) is 5.28. The van der Waals surface area contributed by atoms with Crippen LogP contribution in [0.5, 0.6) is 0 Å². The van der Waals surface area contributed by atoms with Crippen LogP contribution in [0.15, 0.2) is 33.7 Å². The van der Waals surface area contributed by atoms with Gasteiger partial charge in [-0.3, -0.25) is 9.69 Å². The minimum absolute atomic E-state index is 0.0988. The summed E-state index contributed by atoms with van der Waals surface area (Å²) in [5.41, 5.74) is 1.28. The van der Waals surface area contributed by atoms with Gasteiger partial charge in [0.05, 0.1) is 12.6 Å². The molecule has 1 unspecified atom stereocenters. The number of benzene rings is 1. The summed E-state index contributed by atoms with van der Waals surface area (Å²) in [4.78, 5) is 15.0. The molecule has 33 heavy (non-hydrogen) atoms. The summed E-state index contributed by atoms with van der Waals surface area (Å²) in [5.74, 6) is 0.238. The molecule has 0 bridgehead atoms. The Morgan fingerprint density at radius 2 is 1.79 bits per heavy atom. The molecule has 1 aliphatic carbocycles. The predicted octanol–water partition coefficient (Wildman–Crippen LogP) is 2.78. The van der Waals surface area contributed by atoms with Gasteiger partial charge in [0.15, 0.2) is 5.76 Å². The van der Waals surface area contributed by atoms with Crippen molar-refractivity contribution >= 4 is 15.9 Å². The summed E-state index contributed by atoms with van der Waals surface area (Å²) in [6.45, 7) is 4.92. The van der Waals surface area contributed by atoms with E-state index < -0.39 is 10.0 Å². The molecule has 1 aliphatic heterocycles. The summed E-state index contributed by atoms with van der Waals surface area (Å²) in [7, 11) is -3.68. The number of rotatable bonds is 7. The molecule has 1 atom stereocenters. The number of amides is 1. The van der Waals surface area contributed by atoms with Crippen molar-refractivity contribution < 1.29 is 22.1 Å². The minimum atomic E-state index is -3.68. The fraction of sp³-hybridized carbons (Fsp3) is 0.565. The van der Waals surface area contributed by atoms with Crippen LogP contribution >= 0.6 is 0 Å². The molecule has 1 amide bonds. The van der Waals surface area contributed by atoms with Crippen molar-refractivity contribution in [1.82, 2.24) is 19.7 Å². The molecular weight excluding hydrogens is 447 g/mol. The number of carbonyl (C=O) groups is 1. The normalized spacial score (nSPS) is 19.6. The zero-order valence-corrected chi connectivity index (χ0v) is 19.9. The molecule has 2 fully saturated rings. The van der Waals surface area contributed by atoms with E-state index >= 15 is 0 Å². The lowest BCUT2D eigenvalue weighted by Crippen LogP contribution is -2.51. The molecule has 180 valence electrons. The molecule has 0 radical (unpaired) electrons. The van der Waals surface area contributed by atoms with Crippen LogP contribution < -0.4 is 5.32 Å². The van der Waals surface area contributed by atoms with Crippen molar-refractivity contribution in [2.45, 2.75) is 50.5 Å². The molecule has 2 heterocycles. The first-order valence-corrected chi connectivity index (χ1v) is 12.9. The lowest BCUT2D eigenvalue weighted by molar-refractivity contribution is -0.123. The maximum atomic E-state index is 13.4. The second-order valence-electron chi connectivity index (χ2n) is 8.97. The highest BCUT2D eigenvalue weighted by Crippen LogP contribution is 2.35. The van der Waals surface area contributed by atoms with E-state index in [0.29, 0.717) is 37.8 Å². The van der Waals surface area contributed by atoms with Crippen LogP contribution in [0.3, 0.4) is 0 Å². The topological polar surface area (TPSA) is 95.8 Å². The van der Waals surface area contributed by atoms with Crippen LogP contribution in [0.1, 0.15) is 48.7 Å². The molecular formula is C23H31FN4O4S. The second kappa shape index (κ2) is 9.90. The third-order valence-corrected chi connectivity index (χ3v) is 8.82. The zero-order valence-electron chi connectivity index (χ0n) is 19.1. The van der Waals surface area contributed by atoms with Crippen molar-refractivity contribution in [1.29, 1.82) is 0 Å². The zero-order chi connectivity index (χ0) is 23.6. The number of hydrogen-bond acceptors (Lipinski definition) is 6. The first-order valence-electron chi connectivity index (χ1n) is 11.5. The molecule has 10 heteroatoms. The average molecular weight is 479 g/mol. The molecule has 2 aliphatic rings. The predicted molar refractivity (Wildman–Crippen MR) is 120 cm³/mol. The number of sulfonamides is 1. The summed E-state index contributed by atoms with van der Waals surface area (Å²) in [6.07, 6.45) is 4.36. The van der Waals surface area contributed by atoms with E-state index in [1.807, 2.05) is 4.90 Å². The van der Waals surface area contributed by atoms with Gasteiger partial charge in [0, 0.05) is 26.2 Å². The third-order valence-electron chi connectivity index (χ3n) is 6.68. The van der Waals surface area contributed by atoms with E-state index in [9.17, 15) is 17.6 Å². The summed E-state index contributed by atoms with van der Waals surface area (Å²) in [6, 6.07) is 6.22. The van der Waals surface area contributed by atoms with Gasteiger partial charge >= 0.3 is 0 Å². The molecule has 1 N–H and O–H groups in total. The summed E-state index contributed by atoms with van der Waals surface area (Å²) >= 11 is 0. The second-order valence-corrected chi connectivity index (χ2v) is 10.8. The Labute approximate surface area is 194 Å². The maximum Gasteiger partial charge on any atom is 0.248 e. The Kier molecular flexibility index (Phi) is 7.16. The number of nitrogens with one attached hydrogen (secondary N) is 1. The van der Waals surface area contributed by atoms with Gasteiger partial charge in [-0.2, -0.15) is 4.31 Å². The van der Waals surface area contributed by atoms with Crippen LogP contribution in [0.4, 0.5) is 4.39 Å². The van der Waals surface area contributed by atoms with Gasteiger partial charge < -0.3 is 9.84 Å². The van der Waals surface area contributed by atoms with Crippen LogP contribution in [-0.4, -0.2) is 61.4 Å². The molecule has 0 spiro atoms. The largest absolute Gasteiger partial charge is 0.360 e. The number of piperazine rings is 1. The van der Waals surface area contributed by atoms with Crippen molar-refractivity contribution in [2.24, 2.45) is 5.92 Å². The van der Waals surface area contributed by atoms with E-state index in [0.717, 1.165) is 31.2 Å². The van der Waals surface area contributed by atoms with Crippen LogP contribution in [0.2, 0.25) is 0 Å². The Morgan fingerprint density at radius 1 is 1.15 bits per heavy atom. The summed E-state index contributed by atoms with van der Waals surface area (Å²) in [5, 5.41) is 6.92. The first-order chi connectivity index (χ1) is 15.8. The standard InChI is InChI=1S/C23H31FN4O4S/c1-16-23(17(2)32-26-16)33(30,31)28-13-11-27(12-14-28)15-21(29)25-22(18-5-3-4-6-18)19-7-9-20(24)10-8-19/h7-10,18,22H,3-6,11-15H2,1-2H3,(H,25,29). The quantitative estimate of drug-likeness (QED) is 0.658. The Balaban J connectivity index is 1.36. The molecule has 2 aromatic rings. The SMILES string of the molecule is Cc1noc(C)c1S(=O)(=O)N1CCN(CC(=O)NC(c2ccc(F)cc2)C2CCCC2)CC1. The van der Waals surface area contributed by atoms with Crippen LogP contribution in [0.25, 0.3) is 0 Å². The number of hydrogen-bond donors (Lipinski definition) is 1. The van der Waals surface area contributed by atoms with E-state index in [1.165, 1.54) is 16.4 Å². The highest BCUT2D eigenvalue weighted by Gasteiger charge is 2.34. The molecule has 1 saturated heterocycles. The Hall–Kier alpha value is -2.30. The summed E-state index contributed by atoms with van der Waals surface area (Å²) < 4.78 is 45.8. The molecule has 4 rings (SSSR count). The number of halogens is 1. The van der Waals surface area contributed by atoms with Crippen molar-refractivity contribution in [3.63, 3.8) is 0 Å². The van der Waals surface area contributed by atoms with Gasteiger partial charge in [-0.05, 0) is 50.3 Å². The van der Waals surface area contributed by atoms with E-state index in [4.69, 9.17) is 4.52 Å². The van der Waals surface area contributed by atoms with Crippen molar-refractivity contribution in [2.75, 3.05) is 32.7 Å². The Bertz CT molecular complexity index is 1050. The molecule has 1 aromatic heterocycles. The number of aromatic nitrogens is 1. The van der Waals surface area contributed by atoms with Gasteiger partial charge in [-0.25, -0.2) is 12.8 Å². The van der Waals surface area contributed by atoms with E-state index in [2.05, 4.69) is 10.5 Å². The van der Waals surface area contributed by atoms with Gasteiger partial charge in [-0.1, -0.05) is 30.1 Å². The van der Waals surface area contributed by atoms with E-state index in [-0.39, 0.29) is 35.0 Å². The van der Waals surface area contributed by atoms with Gasteiger partial charge in [-0.15, -0.1) is 0 Å². The molecule has 1 saturated carbocycles. The number of aryl methyl sites for hydroxylation is 2. The molecule has 8 nitrogen and oxygen atoms in total. The van der Waals surface area contributed by atoms with E-state index in [1.54, 1.807) is 26.0 Å². The average Bonchev–Trinajstić information content (AvgIpc) is 3.43. The monoisotopic (exact) mass is 478 g/mol. The lowest BCUT2D eigenvalue weighted by atomic mass is 9.91. The first kappa shape index (κ1) is 23.8. The van der Waals surface area contributed by atoms with Gasteiger partial charge in [0.2, 0.25) is 15.9 Å². The Morgan fingerprint density at radius 3 is 2.36 bits per heavy atom. The fourth-order valence-corrected chi connectivity index (χ4v) is 6.67. The minimum Gasteiger partial charge on any atom is -0.360 e. The van der Waals surface area contributed by atoms with Crippen molar-refractivity contribution in [3.8, 4) is 0 Å². The smallest absolute Gasteiger partial charge is 0.248 e. The highest BCUT2D eigenvalue weighted by molar-refractivity contribution is 7.89. The highest BCUT2D eigenvalue weighted by atomic mass is 32.2. The lowest BCUT2D eigenvalue weighted by Gasteiger charge is -2.34. The number of carbonyl (C=O) groups excluding carboxylic acids is 1. The fourth-order valence-electron chi connectivity index (χ4n) is 4.96. The van der Waals surface area contributed by atoms with Crippen LogP contribution in [0, 0.1) is 25.6 Å². The maximum absolute atomic E-state index is 13.4.